The van der Waals surface area contributed by atoms with Crippen LogP contribution in [0.15, 0.2) is 53.6 Å². The summed E-state index contributed by atoms with van der Waals surface area (Å²) in [7, 11) is 1.62. The van der Waals surface area contributed by atoms with Gasteiger partial charge in [0.1, 0.15) is 5.75 Å². The lowest BCUT2D eigenvalue weighted by Crippen LogP contribution is -2.14. The molecule has 3 aromatic rings. The van der Waals surface area contributed by atoms with E-state index >= 15 is 0 Å². The number of methoxy groups -OCH3 is 1. The molecule has 0 saturated carbocycles. The summed E-state index contributed by atoms with van der Waals surface area (Å²) < 4.78 is 5.28. The molecular weight excluding hydrogens is 298 g/mol. The number of nitrogens with one attached hydrogen (secondary N) is 2. The summed E-state index contributed by atoms with van der Waals surface area (Å²) in [6, 6.07) is 13.3. The minimum Gasteiger partial charge on any atom is -0.496 e. The lowest BCUT2D eigenvalue weighted by Gasteiger charge is -2.08. The molecule has 0 radical (unpaired) electrons. The maximum atomic E-state index is 12.1. The molecule has 0 aliphatic rings. The molecule has 112 valence electrons. The summed E-state index contributed by atoms with van der Waals surface area (Å²) in [4.78, 5) is 13.1. The number of aromatic amines is 1. The molecule has 0 fully saturated rings. The van der Waals surface area contributed by atoms with Crippen molar-refractivity contribution < 1.29 is 9.53 Å². The van der Waals surface area contributed by atoms with Crippen molar-refractivity contribution in [2.24, 2.45) is 0 Å². The fourth-order valence-corrected chi connectivity index (χ4v) is 2.97. The van der Waals surface area contributed by atoms with Gasteiger partial charge in [-0.05, 0) is 18.2 Å². The summed E-state index contributed by atoms with van der Waals surface area (Å²) in [5.74, 6) is 1.01. The number of anilines is 1. The van der Waals surface area contributed by atoms with Crippen LogP contribution < -0.4 is 10.1 Å². The molecule has 5 nitrogen and oxygen atoms in total. The van der Waals surface area contributed by atoms with E-state index in [0.717, 1.165) is 27.2 Å². The Morgan fingerprint density at radius 2 is 2.14 bits per heavy atom. The van der Waals surface area contributed by atoms with Crippen molar-refractivity contribution in [3.05, 3.63) is 48.7 Å². The van der Waals surface area contributed by atoms with Crippen LogP contribution in [0.25, 0.3) is 10.9 Å². The maximum absolute atomic E-state index is 12.1. The molecule has 1 heterocycles. The number of amides is 1. The Morgan fingerprint density at radius 3 is 3.00 bits per heavy atom. The summed E-state index contributed by atoms with van der Waals surface area (Å²) in [5.41, 5.74) is 1.57. The SMILES string of the molecule is COc1ccccc1SCC(=O)Nc1cccc2cn[nH]c12. The van der Waals surface area contributed by atoms with Gasteiger partial charge >= 0.3 is 0 Å². The van der Waals surface area contributed by atoms with Gasteiger partial charge in [-0.3, -0.25) is 9.89 Å². The van der Waals surface area contributed by atoms with Gasteiger partial charge in [-0.1, -0.05) is 24.3 Å². The number of hydrogen-bond acceptors (Lipinski definition) is 4. The van der Waals surface area contributed by atoms with Crippen LogP contribution in [-0.2, 0) is 4.79 Å². The number of carbonyl (C=O) groups excluding carboxylic acids is 1. The second kappa shape index (κ2) is 6.53. The van der Waals surface area contributed by atoms with Crippen molar-refractivity contribution in [2.45, 2.75) is 4.90 Å². The molecule has 0 bridgehead atoms. The number of fused-ring (bicyclic) bond motifs is 1. The van der Waals surface area contributed by atoms with Gasteiger partial charge in [-0.25, -0.2) is 0 Å². The number of hydrogen-bond donors (Lipinski definition) is 2. The Morgan fingerprint density at radius 1 is 1.27 bits per heavy atom. The fraction of sp³-hybridized carbons (Fsp3) is 0.125. The van der Waals surface area contributed by atoms with Crippen molar-refractivity contribution in [1.29, 1.82) is 0 Å². The van der Waals surface area contributed by atoms with Crippen LogP contribution in [0, 0.1) is 0 Å². The number of nitrogens with zero attached hydrogens (tertiary/aromatic N) is 1. The molecule has 0 spiro atoms. The van der Waals surface area contributed by atoms with E-state index in [1.165, 1.54) is 11.8 Å². The second-order valence-electron chi connectivity index (χ2n) is 4.63. The van der Waals surface area contributed by atoms with Gasteiger partial charge in [0, 0.05) is 10.3 Å². The van der Waals surface area contributed by atoms with Crippen molar-refractivity contribution in [3.8, 4) is 5.75 Å². The Hall–Kier alpha value is -2.47. The molecule has 2 N–H and O–H groups in total. The standard InChI is InChI=1S/C16H15N3O2S/c1-21-13-7-2-3-8-14(13)22-10-15(20)18-12-6-4-5-11-9-17-19-16(11)12/h2-9H,10H2,1H3,(H,17,19)(H,18,20). The Kier molecular flexibility index (Phi) is 4.29. The number of ether oxygens (including phenoxy) is 1. The smallest absolute Gasteiger partial charge is 0.234 e. The maximum Gasteiger partial charge on any atom is 0.234 e. The zero-order chi connectivity index (χ0) is 15.4. The molecular formula is C16H15N3O2S. The third-order valence-corrected chi connectivity index (χ3v) is 4.23. The highest BCUT2D eigenvalue weighted by atomic mass is 32.2. The first-order valence-corrected chi connectivity index (χ1v) is 7.74. The first-order valence-electron chi connectivity index (χ1n) is 6.75. The molecule has 0 saturated heterocycles. The van der Waals surface area contributed by atoms with Crippen LogP contribution in [0.5, 0.6) is 5.75 Å². The quantitative estimate of drug-likeness (QED) is 0.709. The summed E-state index contributed by atoms with van der Waals surface area (Å²) in [5, 5.41) is 10.8. The Bertz CT molecular complexity index is 801. The van der Waals surface area contributed by atoms with Gasteiger partial charge < -0.3 is 10.1 Å². The summed E-state index contributed by atoms with van der Waals surface area (Å²) >= 11 is 1.44. The van der Waals surface area contributed by atoms with Crippen molar-refractivity contribution in [3.63, 3.8) is 0 Å². The van der Waals surface area contributed by atoms with Crippen LogP contribution >= 0.6 is 11.8 Å². The Balaban J connectivity index is 1.67. The first-order chi connectivity index (χ1) is 10.8. The topological polar surface area (TPSA) is 67.0 Å². The third-order valence-electron chi connectivity index (χ3n) is 3.18. The molecule has 6 heteroatoms. The van der Waals surface area contributed by atoms with E-state index in [4.69, 9.17) is 4.74 Å². The molecule has 0 atom stereocenters. The fourth-order valence-electron chi connectivity index (χ4n) is 2.14. The number of benzene rings is 2. The van der Waals surface area contributed by atoms with Crippen LogP contribution in [0.3, 0.4) is 0 Å². The molecule has 0 aliphatic heterocycles. The Labute approximate surface area is 132 Å². The van der Waals surface area contributed by atoms with Crippen LogP contribution in [0.1, 0.15) is 0 Å². The zero-order valence-corrected chi connectivity index (χ0v) is 12.8. The lowest BCUT2D eigenvalue weighted by molar-refractivity contribution is -0.113. The minimum absolute atomic E-state index is 0.0713. The highest BCUT2D eigenvalue weighted by Crippen LogP contribution is 2.29. The number of thioether (sulfide) groups is 1. The van der Waals surface area contributed by atoms with Gasteiger partial charge in [0.15, 0.2) is 0 Å². The predicted molar refractivity (Wildman–Crippen MR) is 88.4 cm³/mol. The van der Waals surface area contributed by atoms with E-state index in [0.29, 0.717) is 5.75 Å². The predicted octanol–water partition coefficient (Wildman–Crippen LogP) is 3.30. The number of carbonyl (C=O) groups is 1. The van der Waals surface area contributed by atoms with Gasteiger partial charge in [0.05, 0.1) is 30.3 Å². The van der Waals surface area contributed by atoms with E-state index < -0.39 is 0 Å². The van der Waals surface area contributed by atoms with Gasteiger partial charge in [0.25, 0.3) is 0 Å². The highest BCUT2D eigenvalue weighted by molar-refractivity contribution is 8.00. The largest absolute Gasteiger partial charge is 0.496 e. The summed E-state index contributed by atoms with van der Waals surface area (Å²) in [6.07, 6.45) is 1.73. The number of para-hydroxylation sites is 2. The number of rotatable bonds is 5. The average Bonchev–Trinajstić information content (AvgIpc) is 3.03. The molecule has 0 unspecified atom stereocenters. The minimum atomic E-state index is -0.0713. The lowest BCUT2D eigenvalue weighted by atomic mass is 10.2. The number of H-pyrrole nitrogens is 1. The van der Waals surface area contributed by atoms with E-state index in [9.17, 15) is 4.79 Å². The third kappa shape index (κ3) is 3.07. The van der Waals surface area contributed by atoms with E-state index in [1.54, 1.807) is 13.3 Å². The monoisotopic (exact) mass is 313 g/mol. The van der Waals surface area contributed by atoms with Crippen LogP contribution in [-0.4, -0.2) is 29.0 Å². The molecule has 0 aliphatic carbocycles. The normalized spacial score (nSPS) is 10.6. The van der Waals surface area contributed by atoms with Gasteiger partial charge in [-0.2, -0.15) is 5.10 Å². The zero-order valence-electron chi connectivity index (χ0n) is 12.0. The first kappa shape index (κ1) is 14.5. The molecule has 3 rings (SSSR count). The average molecular weight is 313 g/mol. The van der Waals surface area contributed by atoms with E-state index in [1.807, 2.05) is 42.5 Å². The van der Waals surface area contributed by atoms with Crippen LogP contribution in [0.4, 0.5) is 5.69 Å². The van der Waals surface area contributed by atoms with E-state index in [-0.39, 0.29) is 5.91 Å². The second-order valence-corrected chi connectivity index (χ2v) is 5.64. The van der Waals surface area contributed by atoms with Crippen molar-refractivity contribution >= 4 is 34.3 Å². The highest BCUT2D eigenvalue weighted by Gasteiger charge is 2.09. The molecule has 2 aromatic carbocycles. The molecule has 1 aromatic heterocycles. The summed E-state index contributed by atoms with van der Waals surface area (Å²) in [6.45, 7) is 0. The van der Waals surface area contributed by atoms with E-state index in [2.05, 4.69) is 15.5 Å². The number of aromatic nitrogens is 2. The van der Waals surface area contributed by atoms with Crippen molar-refractivity contribution in [2.75, 3.05) is 18.2 Å². The van der Waals surface area contributed by atoms with Crippen LogP contribution in [0.2, 0.25) is 0 Å². The van der Waals surface area contributed by atoms with Gasteiger partial charge in [0.2, 0.25) is 5.91 Å². The molecule has 1 amide bonds. The van der Waals surface area contributed by atoms with Crippen molar-refractivity contribution in [1.82, 2.24) is 10.2 Å². The molecule has 22 heavy (non-hydrogen) atoms. The van der Waals surface area contributed by atoms with Gasteiger partial charge in [-0.15, -0.1) is 11.8 Å².